The first-order chi connectivity index (χ1) is 61.2. The SMILES string of the molecule is C.CCC(OC)C(C(=O)NCCCCCCNc1ccnc(-c2ccccn2)c1)C(CCC(OC)C(C(=O)O)C(C)C(=O)O)C(=O)O.CCC(OC)C1C(=O)OC(=O)C1C.Cn1ccnc1-c1nccn1C.Cn1ccnc1-c1nccn1C.Cn1ccnc1-c1nccn1C.Cn1ccnc1-c1nccn1C.N.NCCCCCCNc1ccnc(-c2ccccn2)c1.O.[Os].[Os]. The number of cyclic esters (lactones) is 2. The molecule has 1 amide bonds. The van der Waals surface area contributed by atoms with Gasteiger partial charge in [0.25, 0.3) is 0 Å². The molecule has 9 atom stereocenters. The van der Waals surface area contributed by atoms with E-state index < -0.39 is 77.6 Å². The molecule has 0 aliphatic carbocycles. The number of pyridine rings is 4. The van der Waals surface area contributed by atoms with Crippen LogP contribution in [0.15, 0.2) is 185 Å². The number of hydrogen-bond acceptors (Lipinski definition) is 26. The van der Waals surface area contributed by atoms with Crippen LogP contribution in [-0.4, -0.2) is 219 Å². The number of aliphatic carboxylic acids is 3. The Kier molecular flexibility index (Phi) is 54.1. The molecule has 0 radical (unpaired) electrons. The minimum Gasteiger partial charge on any atom is -0.481 e. The van der Waals surface area contributed by atoms with Crippen molar-refractivity contribution in [3.8, 4) is 69.4 Å². The molecule has 12 aromatic heterocycles. The van der Waals surface area contributed by atoms with Crippen LogP contribution in [0.1, 0.15) is 112 Å². The van der Waals surface area contributed by atoms with Crippen molar-refractivity contribution in [2.24, 2.45) is 97.6 Å². The van der Waals surface area contributed by atoms with Gasteiger partial charge in [0.15, 0.2) is 46.6 Å². The molecule has 12 aromatic rings. The number of esters is 2. The van der Waals surface area contributed by atoms with Gasteiger partial charge in [0.05, 0.1) is 76.6 Å². The molecule has 1 aliphatic heterocycles. The number of methoxy groups -OCH3 is 3. The molecular formula is C91H133N25O14Os2. The number of aryl methyl sites for hydroxylation is 8. The van der Waals surface area contributed by atoms with E-state index in [1.807, 2.05) is 216 Å². The molecule has 0 spiro atoms. The summed E-state index contributed by atoms with van der Waals surface area (Å²) in [6.45, 7) is 9.58. The van der Waals surface area contributed by atoms with E-state index >= 15 is 0 Å². The van der Waals surface area contributed by atoms with Crippen LogP contribution in [-0.2, 0) is 144 Å². The predicted octanol–water partition coefficient (Wildman–Crippen LogP) is 11.3. The average molecular weight is 2180 g/mol. The van der Waals surface area contributed by atoms with E-state index in [0.717, 1.165) is 126 Å². The number of ether oxygens (including phenoxy) is 4. The minimum atomic E-state index is -1.39. The van der Waals surface area contributed by atoms with Crippen LogP contribution in [0, 0.1) is 35.5 Å². The second kappa shape index (κ2) is 61.6. The predicted molar refractivity (Wildman–Crippen MR) is 496 cm³/mol. The summed E-state index contributed by atoms with van der Waals surface area (Å²) < 4.78 is 36.0. The molecule has 0 aromatic carbocycles. The first-order valence-electron chi connectivity index (χ1n) is 42.2. The molecule has 0 bridgehead atoms. The molecule has 13 N–H and O–H groups in total. The second-order valence-corrected chi connectivity index (χ2v) is 30.2. The number of nitrogens with zero attached hydrogens (tertiary/aromatic N) is 20. The van der Waals surface area contributed by atoms with Crippen LogP contribution in [0.2, 0.25) is 0 Å². The maximum absolute atomic E-state index is 13.3. The van der Waals surface area contributed by atoms with Crippen molar-refractivity contribution in [1.29, 1.82) is 0 Å². The molecule has 41 heteroatoms. The fraction of sp³-hybridized carbons (Fsp3) is 0.451. The molecule has 1 fully saturated rings. The van der Waals surface area contributed by atoms with Crippen molar-refractivity contribution < 1.29 is 108 Å². The van der Waals surface area contributed by atoms with Gasteiger partial charge in [0.1, 0.15) is 0 Å². The van der Waals surface area contributed by atoms with Crippen LogP contribution in [0.5, 0.6) is 0 Å². The fourth-order valence-electron chi connectivity index (χ4n) is 14.0. The number of nitrogens with one attached hydrogen (secondary N) is 3. The second-order valence-electron chi connectivity index (χ2n) is 30.2. The topological polar surface area (TPSA) is 523 Å². The molecule has 1 aliphatic rings. The van der Waals surface area contributed by atoms with E-state index in [1.54, 1.807) is 82.0 Å². The molecule has 13 heterocycles. The number of aromatic nitrogens is 20. The number of carboxylic acid groups (broad SMARTS) is 3. The summed E-state index contributed by atoms with van der Waals surface area (Å²) in [4.78, 5) is 122. The van der Waals surface area contributed by atoms with Crippen LogP contribution >= 0.6 is 0 Å². The van der Waals surface area contributed by atoms with Gasteiger partial charge in [0.2, 0.25) is 5.91 Å². The smallest absolute Gasteiger partial charge is 0.320 e. The molecule has 132 heavy (non-hydrogen) atoms. The van der Waals surface area contributed by atoms with E-state index in [0.29, 0.717) is 25.8 Å². The largest absolute Gasteiger partial charge is 0.481 e. The number of rotatable bonds is 38. The number of hydrogen-bond donors (Lipinski definition) is 8. The third-order valence-electron chi connectivity index (χ3n) is 21.3. The molecule has 0 saturated carbocycles. The summed E-state index contributed by atoms with van der Waals surface area (Å²) in [5.74, 6) is -3.78. The van der Waals surface area contributed by atoms with Crippen LogP contribution in [0.25, 0.3) is 69.4 Å². The maximum atomic E-state index is 13.3. The Morgan fingerprint density at radius 1 is 0.432 bits per heavy atom. The third-order valence-corrected chi connectivity index (χ3v) is 21.3. The van der Waals surface area contributed by atoms with Crippen LogP contribution < -0.4 is 27.8 Å². The van der Waals surface area contributed by atoms with Crippen LogP contribution in [0.4, 0.5) is 11.4 Å². The van der Waals surface area contributed by atoms with Gasteiger partial charge in [0, 0.05) is 272 Å². The van der Waals surface area contributed by atoms with E-state index in [2.05, 4.69) is 80.5 Å². The van der Waals surface area contributed by atoms with Crippen molar-refractivity contribution in [1.82, 2.24) is 108 Å². The quantitative estimate of drug-likeness (QED) is 0.0101. The number of amides is 1. The van der Waals surface area contributed by atoms with Gasteiger partial charge >= 0.3 is 29.8 Å². The van der Waals surface area contributed by atoms with Crippen molar-refractivity contribution in [2.45, 2.75) is 130 Å². The number of anilines is 2. The van der Waals surface area contributed by atoms with E-state index in [-0.39, 0.29) is 83.5 Å². The maximum Gasteiger partial charge on any atom is 0.320 e. The average Bonchev–Trinajstić information content (AvgIpc) is 1.57. The number of nitrogens with two attached hydrogens (primary N) is 1. The Morgan fingerprint density at radius 2 is 0.780 bits per heavy atom. The summed E-state index contributed by atoms with van der Waals surface area (Å²) in [5, 5.41) is 38.9. The standard InChI is InChI=1S/C33H48N4O9.C16H22N4.C9H14O4.4C8H10N4.CH4.H3N.H2O.2Os/c1-5-26(45-3)29(23(32(41)42)13-14-27(46-4)28(33(43)44)21(2)31(39)40)30(38)37-18-10-7-6-9-16-34-22-15-19-36-25(20-22)24-12-8-11-17-35-24;17-9-4-1-2-5-10-18-14-8-12-20-16(13-14)15-7-3-6-11-19-15;1-4-6(12-3)7-5(2)8(10)13-9(7)11;4*1-11-5-3-9-7(11)8-10-4-6-12(8)2;;;;;/h8,11-12,15,17,19-21,23,26-29H,5-7,9-10,13-14,16,18H2,1-4H3,(H,34,36)(H,37,38)(H,39,40)(H,41,42)(H,43,44);3,6-8,11-13H,1-2,4-5,9-10,17H2,(H,18,20);5-7H,4H2,1-3H3;4*3-6H,1-2H3;1H4;1H3;1H2;;. The third kappa shape index (κ3) is 35.2. The Labute approximate surface area is 798 Å². The van der Waals surface area contributed by atoms with Gasteiger partial charge in [-0.2, -0.15) is 0 Å². The molecule has 13 rings (SSSR count). The zero-order valence-electron chi connectivity index (χ0n) is 77.2. The van der Waals surface area contributed by atoms with Crippen LogP contribution in [0.3, 0.4) is 0 Å². The van der Waals surface area contributed by atoms with Gasteiger partial charge < -0.3 is 104 Å². The van der Waals surface area contributed by atoms with Gasteiger partial charge in [-0.25, -0.2) is 39.9 Å². The Hall–Kier alpha value is -12.1. The summed E-state index contributed by atoms with van der Waals surface area (Å²) in [5.41, 5.74) is 10.9. The van der Waals surface area contributed by atoms with Gasteiger partial charge in [-0.1, -0.05) is 72.9 Å². The number of carbonyl (C=O) groups is 6. The van der Waals surface area contributed by atoms with Gasteiger partial charge in [-0.15, -0.1) is 0 Å². The summed E-state index contributed by atoms with van der Waals surface area (Å²) >= 11 is 0. The first-order valence-corrected chi connectivity index (χ1v) is 42.2. The Morgan fingerprint density at radius 3 is 1.05 bits per heavy atom. The molecule has 722 valence electrons. The van der Waals surface area contributed by atoms with Crippen molar-refractivity contribution >= 4 is 47.1 Å². The minimum absolute atomic E-state index is 0. The number of carbonyl (C=O) groups excluding carboxylic acids is 3. The molecule has 39 nitrogen and oxygen atoms in total. The van der Waals surface area contributed by atoms with E-state index in [9.17, 15) is 44.1 Å². The number of unbranched alkanes of at least 4 members (excludes halogenated alkanes) is 6. The summed E-state index contributed by atoms with van der Waals surface area (Å²) in [6.07, 6.45) is 43.6. The summed E-state index contributed by atoms with van der Waals surface area (Å²) in [6, 6.07) is 19.4. The number of imidazole rings is 8. The van der Waals surface area contributed by atoms with Crippen molar-refractivity contribution in [3.05, 3.63) is 185 Å². The number of carboxylic acids is 3. The monoisotopic (exact) mass is 2180 g/mol. The van der Waals surface area contributed by atoms with Gasteiger partial charge in [-0.3, -0.25) is 48.7 Å². The van der Waals surface area contributed by atoms with Crippen molar-refractivity contribution in [3.63, 3.8) is 0 Å². The normalized spacial score (nSPS) is 13.7. The van der Waals surface area contributed by atoms with Crippen molar-refractivity contribution in [2.75, 3.05) is 58.1 Å². The Balaban J connectivity index is 0.000000566. The van der Waals surface area contributed by atoms with Gasteiger partial charge in [-0.05, 0) is 106 Å². The van der Waals surface area contributed by atoms with E-state index in [4.69, 9.17) is 19.9 Å². The van der Waals surface area contributed by atoms with E-state index in [1.165, 1.54) is 47.5 Å². The summed E-state index contributed by atoms with van der Waals surface area (Å²) in [7, 11) is 19.9. The molecule has 9 unspecified atom stereocenters. The zero-order valence-corrected chi connectivity index (χ0v) is 82.3. The molecule has 1 saturated heterocycles. The molecular weight excluding hydrogens is 2050 g/mol. The zero-order chi connectivity index (χ0) is 92.3. The fourth-order valence-corrected chi connectivity index (χ4v) is 14.0. The Bertz CT molecular complexity index is 4800. The first kappa shape index (κ1) is 116.